The van der Waals surface area contributed by atoms with Gasteiger partial charge in [-0.05, 0) is 33.7 Å². The highest BCUT2D eigenvalue weighted by molar-refractivity contribution is 8.02. The Hall–Kier alpha value is -2.06. The lowest BCUT2D eigenvalue weighted by Crippen LogP contribution is -2.71. The number of carbonyl (C=O) groups is 1. The molecule has 7 heteroatoms. The summed E-state index contributed by atoms with van der Waals surface area (Å²) in [6.07, 6.45) is 7.98. The minimum absolute atomic E-state index is 0.00703. The van der Waals surface area contributed by atoms with E-state index in [0.29, 0.717) is 6.04 Å². The molecule has 1 saturated heterocycles. The number of hydrogen-bond donors (Lipinski definition) is 1. The lowest BCUT2D eigenvalue weighted by molar-refractivity contribution is -0.0155. The maximum Gasteiger partial charge on any atom is 0.323 e. The van der Waals surface area contributed by atoms with Crippen LogP contribution < -0.4 is 15.7 Å². The van der Waals surface area contributed by atoms with Gasteiger partial charge in [-0.15, -0.1) is 0 Å². The SMILES string of the molecule is CC(C)(C)[Si](OC1CN(C2SC=CN2C(=O)NC2CCCCC2)C1)(c1ccccc1)c1ccccc1. The van der Waals surface area contributed by atoms with Crippen molar-refractivity contribution >= 4 is 36.5 Å². The van der Waals surface area contributed by atoms with Gasteiger partial charge < -0.3 is 9.74 Å². The van der Waals surface area contributed by atoms with E-state index in [4.69, 9.17) is 4.43 Å². The zero-order valence-corrected chi connectivity index (χ0v) is 23.5. The normalized spacial score (nSPS) is 22.0. The third-order valence-electron chi connectivity index (χ3n) is 7.78. The van der Waals surface area contributed by atoms with Crippen molar-refractivity contribution < 1.29 is 9.22 Å². The van der Waals surface area contributed by atoms with E-state index in [-0.39, 0.29) is 22.7 Å². The first-order chi connectivity index (χ1) is 17.4. The van der Waals surface area contributed by atoms with Crippen LogP contribution in [0.15, 0.2) is 72.3 Å². The van der Waals surface area contributed by atoms with Gasteiger partial charge in [0, 0.05) is 25.3 Å². The molecule has 2 aliphatic heterocycles. The van der Waals surface area contributed by atoms with E-state index >= 15 is 0 Å². The average Bonchev–Trinajstić information content (AvgIpc) is 3.34. The summed E-state index contributed by atoms with van der Waals surface area (Å²) in [7, 11) is -2.56. The van der Waals surface area contributed by atoms with Crippen LogP contribution in [-0.4, -0.2) is 54.9 Å². The minimum Gasteiger partial charge on any atom is -0.402 e. The Morgan fingerprint density at radius 3 is 2.08 bits per heavy atom. The summed E-state index contributed by atoms with van der Waals surface area (Å²) >= 11 is 1.71. The van der Waals surface area contributed by atoms with E-state index in [1.165, 1.54) is 29.6 Å². The topological polar surface area (TPSA) is 44.8 Å². The number of hydrogen-bond acceptors (Lipinski definition) is 4. The molecule has 5 nitrogen and oxygen atoms in total. The molecule has 2 heterocycles. The predicted molar refractivity (Wildman–Crippen MR) is 152 cm³/mol. The zero-order valence-electron chi connectivity index (χ0n) is 21.7. The first-order valence-corrected chi connectivity index (χ1v) is 16.2. The van der Waals surface area contributed by atoms with Crippen molar-refractivity contribution in [1.82, 2.24) is 15.1 Å². The Labute approximate surface area is 221 Å². The molecular weight excluding hydrogens is 482 g/mol. The van der Waals surface area contributed by atoms with Gasteiger partial charge in [0.05, 0.1) is 6.10 Å². The number of likely N-dealkylation sites (tertiary alicyclic amines) is 1. The molecule has 0 bridgehead atoms. The molecule has 2 amide bonds. The van der Waals surface area contributed by atoms with E-state index < -0.39 is 8.32 Å². The van der Waals surface area contributed by atoms with Gasteiger partial charge >= 0.3 is 6.03 Å². The molecule has 1 unspecified atom stereocenters. The molecule has 192 valence electrons. The maximum absolute atomic E-state index is 13.1. The Balaban J connectivity index is 1.30. The third kappa shape index (κ3) is 5.03. The van der Waals surface area contributed by atoms with Gasteiger partial charge in [0.15, 0.2) is 0 Å². The smallest absolute Gasteiger partial charge is 0.323 e. The lowest BCUT2D eigenvalue weighted by Gasteiger charge is -2.51. The molecule has 0 spiro atoms. The fourth-order valence-electron chi connectivity index (χ4n) is 5.90. The number of rotatable bonds is 6. The molecule has 1 aliphatic carbocycles. The Bertz CT molecular complexity index is 1010. The highest BCUT2D eigenvalue weighted by atomic mass is 32.2. The van der Waals surface area contributed by atoms with Crippen LogP contribution in [0.25, 0.3) is 0 Å². The Morgan fingerprint density at radius 2 is 1.53 bits per heavy atom. The standard InChI is InChI=1S/C29H39N3O2SSi/c1-29(2,3)36(25-15-9-5-10-16-25,26-17-11-6-12-18-26)34-24-21-31(22-24)28-32(19-20-35-28)27(33)30-23-13-7-4-8-14-23/h5-6,9-12,15-20,23-24,28H,4,7-8,13-14,21-22H2,1-3H3,(H,30,33). The van der Waals surface area contributed by atoms with Crippen LogP contribution in [0.2, 0.25) is 5.04 Å². The van der Waals surface area contributed by atoms with Crippen molar-refractivity contribution in [2.75, 3.05) is 13.1 Å². The van der Waals surface area contributed by atoms with Crippen molar-refractivity contribution in [2.24, 2.45) is 0 Å². The zero-order chi connectivity index (χ0) is 25.2. The number of nitrogens with one attached hydrogen (secondary N) is 1. The first-order valence-electron chi connectivity index (χ1n) is 13.3. The highest BCUT2D eigenvalue weighted by Gasteiger charge is 2.53. The molecule has 3 aliphatic rings. The fourth-order valence-corrected chi connectivity index (χ4v) is 11.5. The quantitative estimate of drug-likeness (QED) is 0.538. The van der Waals surface area contributed by atoms with E-state index in [9.17, 15) is 4.79 Å². The molecule has 36 heavy (non-hydrogen) atoms. The predicted octanol–water partition coefficient (Wildman–Crippen LogP) is 5.09. The molecular formula is C29H39N3O2SSi. The van der Waals surface area contributed by atoms with Crippen LogP contribution in [-0.2, 0) is 4.43 Å². The molecule has 2 aromatic rings. The Kier molecular flexibility index (Phi) is 7.63. The molecule has 2 fully saturated rings. The summed E-state index contributed by atoms with van der Waals surface area (Å²) in [6.45, 7) is 8.63. The summed E-state index contributed by atoms with van der Waals surface area (Å²) in [5.74, 6) is 0. The minimum atomic E-state index is -2.56. The fraction of sp³-hybridized carbons (Fsp3) is 0.483. The summed E-state index contributed by atoms with van der Waals surface area (Å²) in [4.78, 5) is 17.3. The van der Waals surface area contributed by atoms with Crippen molar-refractivity contribution in [3.8, 4) is 0 Å². The van der Waals surface area contributed by atoms with Crippen molar-refractivity contribution in [1.29, 1.82) is 0 Å². The van der Waals surface area contributed by atoms with Gasteiger partial charge in [-0.2, -0.15) is 0 Å². The molecule has 0 aromatic heterocycles. The summed E-state index contributed by atoms with van der Waals surface area (Å²) in [5, 5.41) is 7.91. The summed E-state index contributed by atoms with van der Waals surface area (Å²) < 4.78 is 7.27. The van der Waals surface area contributed by atoms with E-state index in [0.717, 1.165) is 25.9 Å². The average molecular weight is 522 g/mol. The summed E-state index contributed by atoms with van der Waals surface area (Å²) in [5.41, 5.74) is 0.00703. The van der Waals surface area contributed by atoms with Gasteiger partial charge in [0.1, 0.15) is 5.50 Å². The number of thioether (sulfide) groups is 1. The van der Waals surface area contributed by atoms with Gasteiger partial charge in [-0.3, -0.25) is 9.80 Å². The summed E-state index contributed by atoms with van der Waals surface area (Å²) in [6, 6.07) is 22.0. The van der Waals surface area contributed by atoms with Crippen molar-refractivity contribution in [3.05, 3.63) is 72.3 Å². The van der Waals surface area contributed by atoms with E-state index in [1.807, 2.05) is 16.5 Å². The highest BCUT2D eigenvalue weighted by Crippen LogP contribution is 2.40. The lowest BCUT2D eigenvalue weighted by atomic mass is 9.96. The largest absolute Gasteiger partial charge is 0.402 e. The van der Waals surface area contributed by atoms with Crippen LogP contribution in [0.1, 0.15) is 52.9 Å². The van der Waals surface area contributed by atoms with Crippen LogP contribution in [0.3, 0.4) is 0 Å². The van der Waals surface area contributed by atoms with Crippen molar-refractivity contribution in [2.45, 2.75) is 75.6 Å². The molecule has 1 atom stereocenters. The second-order valence-corrected chi connectivity index (χ2v) is 16.5. The van der Waals surface area contributed by atoms with Crippen LogP contribution in [0, 0.1) is 0 Å². The number of urea groups is 1. The molecule has 1 saturated carbocycles. The van der Waals surface area contributed by atoms with Gasteiger partial charge in [0.2, 0.25) is 0 Å². The van der Waals surface area contributed by atoms with Gasteiger partial charge in [-0.25, -0.2) is 4.79 Å². The van der Waals surface area contributed by atoms with E-state index in [1.54, 1.807) is 11.8 Å². The molecule has 1 N–H and O–H groups in total. The second-order valence-electron chi connectivity index (χ2n) is 11.3. The second kappa shape index (κ2) is 10.7. The third-order valence-corrected chi connectivity index (χ3v) is 13.9. The van der Waals surface area contributed by atoms with Crippen molar-refractivity contribution in [3.63, 3.8) is 0 Å². The van der Waals surface area contributed by atoms with Crippen LogP contribution >= 0.6 is 11.8 Å². The monoisotopic (exact) mass is 521 g/mol. The van der Waals surface area contributed by atoms with Crippen LogP contribution in [0.5, 0.6) is 0 Å². The van der Waals surface area contributed by atoms with Gasteiger partial charge in [0.25, 0.3) is 8.32 Å². The molecule has 5 rings (SSSR count). The molecule has 0 radical (unpaired) electrons. The van der Waals surface area contributed by atoms with E-state index in [2.05, 4.69) is 91.7 Å². The number of nitrogens with zero attached hydrogens (tertiary/aromatic N) is 2. The molecule has 2 aromatic carbocycles. The Morgan fingerprint density at radius 1 is 0.944 bits per heavy atom. The van der Waals surface area contributed by atoms with Crippen LogP contribution in [0.4, 0.5) is 4.79 Å². The maximum atomic E-state index is 13.1. The first kappa shape index (κ1) is 25.6. The number of amides is 2. The number of carbonyl (C=O) groups excluding carboxylic acids is 1. The number of benzene rings is 2. The van der Waals surface area contributed by atoms with Gasteiger partial charge in [-0.1, -0.05) is 112 Å².